The van der Waals surface area contributed by atoms with Gasteiger partial charge in [-0.2, -0.15) is 5.26 Å². The summed E-state index contributed by atoms with van der Waals surface area (Å²) in [5, 5.41) is 19.9. The molecule has 0 radical (unpaired) electrons. The number of nitrogens with two attached hydrogens (primary N) is 1. The highest BCUT2D eigenvalue weighted by Gasteiger charge is 2.21. The first-order valence-electron chi connectivity index (χ1n) is 8.92. The van der Waals surface area contributed by atoms with Crippen LogP contribution in [0.3, 0.4) is 0 Å². The lowest BCUT2D eigenvalue weighted by Crippen LogP contribution is -2.39. The topological polar surface area (TPSA) is 86.2 Å². The van der Waals surface area contributed by atoms with Crippen LogP contribution in [0.4, 0.5) is 5.13 Å². The Labute approximate surface area is 165 Å². The lowest BCUT2D eigenvalue weighted by atomic mass is 10.1. The van der Waals surface area contributed by atoms with Gasteiger partial charge >= 0.3 is 0 Å². The van der Waals surface area contributed by atoms with E-state index in [9.17, 15) is 5.11 Å². The first-order chi connectivity index (χ1) is 12.7. The summed E-state index contributed by atoms with van der Waals surface area (Å²) < 4.78 is 0. The maximum atomic E-state index is 9.95. The molecule has 3 N–H and O–H groups in total. The summed E-state index contributed by atoms with van der Waals surface area (Å²) in [5.74, 6) is 5.95. The Kier molecular flexibility index (Phi) is 6.98. The second-order valence-electron chi connectivity index (χ2n) is 7.10. The van der Waals surface area contributed by atoms with Crippen molar-refractivity contribution in [2.75, 3.05) is 18.0 Å². The Hall–Kier alpha value is -2.38. The fourth-order valence-corrected chi connectivity index (χ4v) is 3.58. The van der Waals surface area contributed by atoms with Crippen LogP contribution >= 0.6 is 11.3 Å². The van der Waals surface area contributed by atoms with Crippen LogP contribution in [0.25, 0.3) is 5.57 Å². The number of thiazole rings is 1. The summed E-state index contributed by atoms with van der Waals surface area (Å²) in [4.78, 5) is 7.85. The zero-order valence-electron chi connectivity index (χ0n) is 16.1. The van der Waals surface area contributed by atoms with E-state index in [2.05, 4.69) is 29.4 Å². The van der Waals surface area contributed by atoms with E-state index in [1.165, 1.54) is 17.4 Å². The van der Waals surface area contributed by atoms with E-state index >= 15 is 0 Å². The van der Waals surface area contributed by atoms with Gasteiger partial charge in [-0.25, -0.2) is 4.98 Å². The van der Waals surface area contributed by atoms with Crippen molar-refractivity contribution in [3.63, 3.8) is 0 Å². The second-order valence-corrected chi connectivity index (χ2v) is 8.07. The van der Waals surface area contributed by atoms with Crippen LogP contribution in [0.2, 0.25) is 0 Å². The van der Waals surface area contributed by atoms with Crippen molar-refractivity contribution in [1.29, 1.82) is 5.26 Å². The van der Waals surface area contributed by atoms with Gasteiger partial charge < -0.3 is 15.7 Å². The van der Waals surface area contributed by atoms with Crippen LogP contribution in [0.15, 0.2) is 30.4 Å². The zero-order valence-corrected chi connectivity index (χ0v) is 16.9. The average molecular weight is 383 g/mol. The SMILES string of the molecule is C=C/C(C#N)=C\C=C(/C)c1nc(N2CCC(N)CC2)sc1C#CC(C)(C)O. The molecular formula is C21H26N4OS. The molecule has 0 bridgehead atoms. The Morgan fingerprint density at radius 2 is 2.07 bits per heavy atom. The molecule has 0 spiro atoms. The van der Waals surface area contributed by atoms with Crippen molar-refractivity contribution >= 4 is 22.0 Å². The van der Waals surface area contributed by atoms with Gasteiger partial charge in [0.1, 0.15) is 10.5 Å². The Morgan fingerprint density at radius 3 is 2.63 bits per heavy atom. The maximum absolute atomic E-state index is 9.95. The van der Waals surface area contributed by atoms with Crippen LogP contribution in [0.5, 0.6) is 0 Å². The van der Waals surface area contributed by atoms with Crippen molar-refractivity contribution in [3.05, 3.63) is 41.0 Å². The van der Waals surface area contributed by atoms with Crippen molar-refractivity contribution < 1.29 is 5.11 Å². The second kappa shape index (κ2) is 9.01. The molecule has 0 amide bonds. The number of anilines is 1. The standard InChI is InChI=1S/C21H26N4OS/c1-5-16(14-22)7-6-15(2)19-18(8-11-21(3,4)26)27-20(24-19)25-12-9-17(23)10-13-25/h5-7,17,26H,1,9-10,12-13,23H2,2-4H3/b15-6+,16-7+. The van der Waals surface area contributed by atoms with Crippen LogP contribution in [-0.4, -0.2) is 34.8 Å². The van der Waals surface area contributed by atoms with Crippen molar-refractivity contribution in [1.82, 2.24) is 4.98 Å². The molecule has 5 nitrogen and oxygen atoms in total. The lowest BCUT2D eigenvalue weighted by molar-refractivity contribution is 0.143. The first kappa shape index (κ1) is 20.9. The zero-order chi connectivity index (χ0) is 20.0. The Balaban J connectivity index is 2.42. The van der Waals surface area contributed by atoms with E-state index in [1.807, 2.05) is 13.0 Å². The molecular weight excluding hydrogens is 356 g/mol. The molecule has 2 rings (SSSR count). The highest BCUT2D eigenvalue weighted by Crippen LogP contribution is 2.31. The fourth-order valence-electron chi connectivity index (χ4n) is 2.54. The number of rotatable bonds is 4. The number of allylic oxidation sites excluding steroid dienone is 5. The van der Waals surface area contributed by atoms with Crippen molar-refractivity contribution in [2.24, 2.45) is 5.73 Å². The molecule has 1 saturated heterocycles. The van der Waals surface area contributed by atoms with Crippen molar-refractivity contribution in [3.8, 4) is 17.9 Å². The quantitative estimate of drug-likeness (QED) is 0.474. The summed E-state index contributed by atoms with van der Waals surface area (Å²) in [6.45, 7) is 10.6. The molecule has 1 aromatic rings. The molecule has 0 unspecified atom stereocenters. The number of piperidine rings is 1. The molecule has 1 fully saturated rings. The van der Waals surface area contributed by atoms with Crippen LogP contribution in [0.1, 0.15) is 44.2 Å². The van der Waals surface area contributed by atoms with E-state index in [4.69, 9.17) is 16.0 Å². The van der Waals surface area contributed by atoms with Crippen molar-refractivity contribution in [2.45, 2.75) is 45.3 Å². The van der Waals surface area contributed by atoms with Crippen LogP contribution < -0.4 is 10.6 Å². The fraction of sp³-hybridized carbons (Fsp3) is 0.429. The number of hydrogen-bond donors (Lipinski definition) is 2. The van der Waals surface area contributed by atoms with Gasteiger partial charge in [0.05, 0.1) is 17.3 Å². The van der Waals surface area contributed by atoms with E-state index in [0.29, 0.717) is 5.57 Å². The maximum Gasteiger partial charge on any atom is 0.187 e. The summed E-state index contributed by atoms with van der Waals surface area (Å²) >= 11 is 1.52. The molecule has 142 valence electrons. The molecule has 1 aliphatic heterocycles. The first-order valence-corrected chi connectivity index (χ1v) is 9.73. The average Bonchev–Trinajstić information content (AvgIpc) is 3.05. The minimum absolute atomic E-state index is 0.255. The van der Waals surface area contributed by atoms with Gasteiger partial charge in [-0.15, -0.1) is 0 Å². The third kappa shape index (κ3) is 6.08. The van der Waals surface area contributed by atoms with E-state index in [-0.39, 0.29) is 6.04 Å². The molecule has 1 aromatic heterocycles. The highest BCUT2D eigenvalue weighted by molar-refractivity contribution is 7.16. The van der Waals surface area contributed by atoms with Gasteiger partial charge in [0.25, 0.3) is 0 Å². The summed E-state index contributed by atoms with van der Waals surface area (Å²) in [6.07, 6.45) is 6.97. The molecule has 0 saturated carbocycles. The number of aliphatic hydroxyl groups is 1. The number of aromatic nitrogens is 1. The minimum atomic E-state index is -1.08. The Bertz CT molecular complexity index is 847. The monoisotopic (exact) mass is 382 g/mol. The third-order valence-corrected chi connectivity index (χ3v) is 5.17. The highest BCUT2D eigenvalue weighted by atomic mass is 32.1. The Morgan fingerprint density at radius 1 is 1.41 bits per heavy atom. The van der Waals surface area contributed by atoms with E-state index in [0.717, 1.165) is 47.2 Å². The van der Waals surface area contributed by atoms with E-state index < -0.39 is 5.60 Å². The third-order valence-electron chi connectivity index (χ3n) is 4.14. The van der Waals surface area contributed by atoms with Gasteiger partial charge in [0.2, 0.25) is 0 Å². The molecule has 1 aliphatic rings. The number of nitrogens with zero attached hydrogens (tertiary/aromatic N) is 3. The van der Waals surface area contributed by atoms with Gasteiger partial charge in [-0.3, -0.25) is 0 Å². The molecule has 0 aliphatic carbocycles. The van der Waals surface area contributed by atoms with Gasteiger partial charge in [0.15, 0.2) is 5.13 Å². The van der Waals surface area contributed by atoms with Gasteiger partial charge in [-0.1, -0.05) is 41.9 Å². The molecule has 2 heterocycles. The largest absolute Gasteiger partial charge is 0.378 e. The van der Waals surface area contributed by atoms with Gasteiger partial charge in [-0.05, 0) is 45.3 Å². The normalized spacial score (nSPS) is 16.5. The predicted molar refractivity (Wildman–Crippen MR) is 112 cm³/mol. The number of nitriles is 1. The van der Waals surface area contributed by atoms with Gasteiger partial charge in [0, 0.05) is 19.1 Å². The lowest BCUT2D eigenvalue weighted by Gasteiger charge is -2.29. The minimum Gasteiger partial charge on any atom is -0.378 e. The van der Waals surface area contributed by atoms with Crippen LogP contribution in [0, 0.1) is 23.2 Å². The molecule has 0 atom stereocenters. The summed E-state index contributed by atoms with van der Waals surface area (Å²) in [6, 6.07) is 2.33. The number of hydrogen-bond acceptors (Lipinski definition) is 6. The van der Waals surface area contributed by atoms with E-state index in [1.54, 1.807) is 19.9 Å². The summed E-state index contributed by atoms with van der Waals surface area (Å²) in [5.41, 5.74) is 7.09. The molecule has 27 heavy (non-hydrogen) atoms. The smallest absolute Gasteiger partial charge is 0.187 e. The molecule has 6 heteroatoms. The van der Waals surface area contributed by atoms with Crippen LogP contribution in [-0.2, 0) is 0 Å². The predicted octanol–water partition coefficient (Wildman–Crippen LogP) is 3.23. The molecule has 0 aromatic carbocycles. The summed E-state index contributed by atoms with van der Waals surface area (Å²) in [7, 11) is 0.